The number of carboxylic acids is 1. The number of amides is 1. The SMILES string of the molecule is CNC(C)(C)C(=O)NCCC(O)C(=O)O. The molecule has 0 aliphatic heterocycles. The Morgan fingerprint density at radius 2 is 1.93 bits per heavy atom. The summed E-state index contributed by atoms with van der Waals surface area (Å²) in [6.07, 6.45) is -1.43. The van der Waals surface area contributed by atoms with Gasteiger partial charge in [0, 0.05) is 13.0 Å². The first-order chi connectivity index (χ1) is 6.81. The quantitative estimate of drug-likeness (QED) is 0.455. The van der Waals surface area contributed by atoms with Crippen LogP contribution in [-0.4, -0.2) is 47.3 Å². The van der Waals surface area contributed by atoms with Crippen molar-refractivity contribution in [3.8, 4) is 0 Å². The second kappa shape index (κ2) is 5.67. The van der Waals surface area contributed by atoms with E-state index in [0.29, 0.717) is 0 Å². The fourth-order valence-electron chi connectivity index (χ4n) is 0.780. The number of nitrogens with one attached hydrogen (secondary N) is 2. The minimum absolute atomic E-state index is 0.000861. The number of aliphatic hydroxyl groups excluding tert-OH is 1. The maximum atomic E-state index is 11.4. The summed E-state index contributed by atoms with van der Waals surface area (Å²) in [7, 11) is 1.66. The average Bonchev–Trinajstić information content (AvgIpc) is 2.17. The lowest BCUT2D eigenvalue weighted by Crippen LogP contribution is -2.51. The molecule has 0 radical (unpaired) electrons. The lowest BCUT2D eigenvalue weighted by molar-refractivity contribution is -0.147. The lowest BCUT2D eigenvalue weighted by atomic mass is 10.1. The number of carbonyl (C=O) groups excluding carboxylic acids is 1. The van der Waals surface area contributed by atoms with Crippen LogP contribution in [0.4, 0.5) is 0 Å². The molecule has 0 aromatic rings. The summed E-state index contributed by atoms with van der Waals surface area (Å²) in [5, 5.41) is 22.7. The van der Waals surface area contributed by atoms with Gasteiger partial charge in [-0.1, -0.05) is 0 Å². The highest BCUT2D eigenvalue weighted by Crippen LogP contribution is 2.00. The predicted octanol–water partition coefficient (Wildman–Crippen LogP) is -1.06. The van der Waals surface area contributed by atoms with Crippen LogP contribution in [0.3, 0.4) is 0 Å². The van der Waals surface area contributed by atoms with Crippen LogP contribution in [0.1, 0.15) is 20.3 Å². The van der Waals surface area contributed by atoms with Gasteiger partial charge in [-0.3, -0.25) is 4.79 Å². The maximum Gasteiger partial charge on any atom is 0.332 e. The number of likely N-dealkylation sites (N-methyl/N-ethyl adjacent to an activating group) is 1. The number of aliphatic hydroxyl groups is 1. The molecule has 0 spiro atoms. The number of carboxylic acid groups (broad SMARTS) is 1. The zero-order valence-corrected chi connectivity index (χ0v) is 9.20. The molecule has 0 aliphatic rings. The molecule has 0 bridgehead atoms. The Labute approximate surface area is 88.7 Å². The fourth-order valence-corrected chi connectivity index (χ4v) is 0.780. The van der Waals surface area contributed by atoms with E-state index in [0.717, 1.165) is 0 Å². The van der Waals surface area contributed by atoms with Gasteiger partial charge in [-0.15, -0.1) is 0 Å². The van der Waals surface area contributed by atoms with Crippen molar-refractivity contribution in [1.82, 2.24) is 10.6 Å². The van der Waals surface area contributed by atoms with E-state index in [1.54, 1.807) is 20.9 Å². The highest BCUT2D eigenvalue weighted by atomic mass is 16.4. The first kappa shape index (κ1) is 13.9. The molecule has 0 saturated carbocycles. The van der Waals surface area contributed by atoms with Crippen molar-refractivity contribution in [3.63, 3.8) is 0 Å². The summed E-state index contributed by atoms with van der Waals surface area (Å²) in [6, 6.07) is 0. The van der Waals surface area contributed by atoms with Crippen molar-refractivity contribution in [3.05, 3.63) is 0 Å². The van der Waals surface area contributed by atoms with Crippen molar-refractivity contribution in [2.45, 2.75) is 31.9 Å². The van der Waals surface area contributed by atoms with E-state index in [1.807, 2.05) is 0 Å². The molecule has 1 atom stereocenters. The van der Waals surface area contributed by atoms with Gasteiger partial charge in [0.1, 0.15) is 0 Å². The summed E-state index contributed by atoms with van der Waals surface area (Å²) >= 11 is 0. The van der Waals surface area contributed by atoms with Gasteiger partial charge in [0.05, 0.1) is 5.54 Å². The zero-order chi connectivity index (χ0) is 12.1. The summed E-state index contributed by atoms with van der Waals surface area (Å²) < 4.78 is 0. The first-order valence-corrected chi connectivity index (χ1v) is 4.69. The second-order valence-electron chi connectivity index (χ2n) is 3.77. The Hall–Kier alpha value is -1.14. The van der Waals surface area contributed by atoms with Gasteiger partial charge in [0.25, 0.3) is 0 Å². The summed E-state index contributed by atoms with van der Waals surface area (Å²) in [4.78, 5) is 21.7. The number of aliphatic carboxylic acids is 1. The van der Waals surface area contributed by atoms with E-state index < -0.39 is 17.6 Å². The fraction of sp³-hybridized carbons (Fsp3) is 0.778. The van der Waals surface area contributed by atoms with E-state index in [4.69, 9.17) is 10.2 Å². The number of carbonyl (C=O) groups is 2. The number of hydrogen-bond acceptors (Lipinski definition) is 4. The molecule has 1 unspecified atom stereocenters. The Morgan fingerprint density at radius 3 is 2.33 bits per heavy atom. The molecule has 1 amide bonds. The van der Waals surface area contributed by atoms with Crippen LogP contribution in [0, 0.1) is 0 Å². The van der Waals surface area contributed by atoms with Crippen molar-refractivity contribution < 1.29 is 19.8 Å². The van der Waals surface area contributed by atoms with Gasteiger partial charge < -0.3 is 20.8 Å². The Bertz CT molecular complexity index is 240. The normalized spacial score (nSPS) is 13.3. The van der Waals surface area contributed by atoms with E-state index in [1.165, 1.54) is 0 Å². The van der Waals surface area contributed by atoms with Crippen LogP contribution < -0.4 is 10.6 Å². The van der Waals surface area contributed by atoms with Crippen LogP contribution in [0.15, 0.2) is 0 Å². The Balaban J connectivity index is 3.88. The van der Waals surface area contributed by atoms with Gasteiger partial charge >= 0.3 is 5.97 Å². The minimum atomic E-state index is -1.43. The molecule has 6 heteroatoms. The third-order valence-corrected chi connectivity index (χ3v) is 2.18. The number of hydrogen-bond donors (Lipinski definition) is 4. The van der Waals surface area contributed by atoms with Crippen LogP contribution in [0.5, 0.6) is 0 Å². The second-order valence-corrected chi connectivity index (χ2v) is 3.77. The molecule has 0 aliphatic carbocycles. The molecule has 88 valence electrons. The van der Waals surface area contributed by atoms with E-state index in [9.17, 15) is 9.59 Å². The van der Waals surface area contributed by atoms with Gasteiger partial charge in [-0.25, -0.2) is 4.79 Å². The highest BCUT2D eigenvalue weighted by Gasteiger charge is 2.24. The molecule has 0 aromatic heterocycles. The van der Waals surface area contributed by atoms with Crippen molar-refractivity contribution >= 4 is 11.9 Å². The van der Waals surface area contributed by atoms with Gasteiger partial charge in [0.2, 0.25) is 5.91 Å². The van der Waals surface area contributed by atoms with Crippen molar-refractivity contribution in [2.24, 2.45) is 0 Å². The smallest absolute Gasteiger partial charge is 0.332 e. The zero-order valence-electron chi connectivity index (χ0n) is 9.20. The van der Waals surface area contributed by atoms with Crippen LogP contribution in [-0.2, 0) is 9.59 Å². The molecule has 0 saturated heterocycles. The van der Waals surface area contributed by atoms with Gasteiger partial charge in [-0.05, 0) is 20.9 Å². The molecule has 4 N–H and O–H groups in total. The van der Waals surface area contributed by atoms with E-state index in [2.05, 4.69) is 10.6 Å². The van der Waals surface area contributed by atoms with Crippen molar-refractivity contribution in [1.29, 1.82) is 0 Å². The standard InChI is InChI=1S/C9H18N2O4/c1-9(2,10-3)8(15)11-5-4-6(12)7(13)14/h6,10,12H,4-5H2,1-3H3,(H,11,15)(H,13,14). The third-order valence-electron chi connectivity index (χ3n) is 2.18. The molecule has 0 fully saturated rings. The van der Waals surface area contributed by atoms with Crippen LogP contribution in [0.25, 0.3) is 0 Å². The third kappa shape index (κ3) is 4.75. The van der Waals surface area contributed by atoms with Crippen LogP contribution >= 0.6 is 0 Å². The van der Waals surface area contributed by atoms with Gasteiger partial charge in [-0.2, -0.15) is 0 Å². The average molecular weight is 218 g/mol. The molecule has 0 aromatic carbocycles. The van der Waals surface area contributed by atoms with Crippen LogP contribution in [0.2, 0.25) is 0 Å². The maximum absolute atomic E-state index is 11.4. The summed E-state index contributed by atoms with van der Waals surface area (Å²) in [5.74, 6) is -1.51. The molecular formula is C9H18N2O4. The molecule has 6 nitrogen and oxygen atoms in total. The predicted molar refractivity (Wildman–Crippen MR) is 54.4 cm³/mol. The number of rotatable bonds is 6. The van der Waals surface area contributed by atoms with E-state index in [-0.39, 0.29) is 18.9 Å². The summed E-state index contributed by atoms with van der Waals surface area (Å²) in [6.45, 7) is 3.54. The van der Waals surface area contributed by atoms with Gasteiger partial charge in [0.15, 0.2) is 6.10 Å². The summed E-state index contributed by atoms with van der Waals surface area (Å²) in [5.41, 5.74) is -0.700. The lowest BCUT2D eigenvalue weighted by Gasteiger charge is -2.22. The largest absolute Gasteiger partial charge is 0.479 e. The highest BCUT2D eigenvalue weighted by molar-refractivity contribution is 5.85. The monoisotopic (exact) mass is 218 g/mol. The van der Waals surface area contributed by atoms with E-state index >= 15 is 0 Å². The molecular weight excluding hydrogens is 200 g/mol. The molecule has 0 rings (SSSR count). The Morgan fingerprint density at radius 1 is 1.40 bits per heavy atom. The molecule has 0 heterocycles. The first-order valence-electron chi connectivity index (χ1n) is 4.69. The minimum Gasteiger partial charge on any atom is -0.479 e. The topological polar surface area (TPSA) is 98.7 Å². The Kier molecular flexibility index (Phi) is 5.24. The molecule has 15 heavy (non-hydrogen) atoms. The van der Waals surface area contributed by atoms with Crippen molar-refractivity contribution in [2.75, 3.05) is 13.6 Å².